The van der Waals surface area contributed by atoms with Crippen LogP contribution in [0.1, 0.15) is 54.4 Å². The molecule has 1 fully saturated rings. The molecule has 0 amide bonds. The molecule has 0 atom stereocenters. The third-order valence-corrected chi connectivity index (χ3v) is 6.03. The van der Waals surface area contributed by atoms with Crippen LogP contribution in [0.4, 0.5) is 0 Å². The van der Waals surface area contributed by atoms with Crippen molar-refractivity contribution in [2.75, 3.05) is 26.8 Å². The summed E-state index contributed by atoms with van der Waals surface area (Å²) in [6.07, 6.45) is 4.90. The molecule has 4 rings (SSSR count). The highest BCUT2D eigenvalue weighted by Crippen LogP contribution is 2.30. The van der Waals surface area contributed by atoms with Crippen LogP contribution in [0, 0.1) is 5.92 Å². The molecule has 2 aromatic carbocycles. The summed E-state index contributed by atoms with van der Waals surface area (Å²) in [6, 6.07) is 20.8. The fourth-order valence-electron chi connectivity index (χ4n) is 4.37. The predicted octanol–water partition coefficient (Wildman–Crippen LogP) is 4.89. The van der Waals surface area contributed by atoms with Gasteiger partial charge >= 0.3 is 0 Å². The van der Waals surface area contributed by atoms with Gasteiger partial charge in [-0.15, -0.1) is 0 Å². The normalized spacial score (nSPS) is 15.7. The Balaban J connectivity index is 1.41. The van der Waals surface area contributed by atoms with Gasteiger partial charge in [0.15, 0.2) is 5.82 Å². The summed E-state index contributed by atoms with van der Waals surface area (Å²) < 4.78 is 10.9. The number of rotatable bonds is 9. The minimum atomic E-state index is -0.0172. The first-order valence-electron chi connectivity index (χ1n) is 11.0. The highest BCUT2D eigenvalue weighted by atomic mass is 16.5. The van der Waals surface area contributed by atoms with E-state index < -0.39 is 0 Å². The number of hydrogen-bond donors (Lipinski definition) is 0. The van der Waals surface area contributed by atoms with Crippen LogP contribution in [0.2, 0.25) is 0 Å². The molecule has 0 unspecified atom stereocenters. The predicted molar refractivity (Wildman–Crippen MR) is 117 cm³/mol. The average molecular weight is 406 g/mol. The van der Waals surface area contributed by atoms with Crippen molar-refractivity contribution in [3.8, 4) is 0 Å². The lowest BCUT2D eigenvalue weighted by atomic mass is 9.91. The number of nitrogens with zero attached hydrogens (tertiary/aromatic N) is 3. The first-order valence-corrected chi connectivity index (χ1v) is 11.0. The average Bonchev–Trinajstić information content (AvgIpc) is 3.25. The molecule has 158 valence electrons. The lowest BCUT2D eigenvalue weighted by Crippen LogP contribution is -2.33. The van der Waals surface area contributed by atoms with E-state index >= 15 is 0 Å². The molecule has 5 nitrogen and oxygen atoms in total. The first kappa shape index (κ1) is 20.8. The quantitative estimate of drug-likeness (QED) is 0.475. The number of likely N-dealkylation sites (tertiary alicyclic amines) is 1. The van der Waals surface area contributed by atoms with Crippen molar-refractivity contribution in [3.05, 3.63) is 83.5 Å². The van der Waals surface area contributed by atoms with E-state index in [4.69, 9.17) is 14.2 Å². The Labute approximate surface area is 179 Å². The zero-order chi connectivity index (χ0) is 20.6. The van der Waals surface area contributed by atoms with Gasteiger partial charge in [0.1, 0.15) is 0 Å². The summed E-state index contributed by atoms with van der Waals surface area (Å²) in [5, 5.41) is 4.37. The summed E-state index contributed by atoms with van der Waals surface area (Å²) in [5.41, 5.74) is 2.35. The summed E-state index contributed by atoms with van der Waals surface area (Å²) in [6.45, 7) is 3.79. The number of aromatic nitrogens is 2. The van der Waals surface area contributed by atoms with E-state index in [0.29, 0.717) is 5.89 Å². The van der Waals surface area contributed by atoms with Gasteiger partial charge in [-0.3, -0.25) is 4.90 Å². The summed E-state index contributed by atoms with van der Waals surface area (Å²) >= 11 is 0. The summed E-state index contributed by atoms with van der Waals surface area (Å²) in [4.78, 5) is 7.24. The van der Waals surface area contributed by atoms with Gasteiger partial charge < -0.3 is 9.26 Å². The molecule has 0 bridgehead atoms. The molecule has 1 aromatic heterocycles. The minimum absolute atomic E-state index is 0.0172. The van der Waals surface area contributed by atoms with Gasteiger partial charge in [0, 0.05) is 13.7 Å². The van der Waals surface area contributed by atoms with Gasteiger partial charge in [-0.25, -0.2) is 0 Å². The summed E-state index contributed by atoms with van der Waals surface area (Å²) in [7, 11) is 1.78. The topological polar surface area (TPSA) is 51.4 Å². The standard InChI is InChI=1S/C25H31N3O2/c1-29-18-8-9-20-14-16-28(17-15-20)19-23-26-25(27-30-23)24(21-10-4-2-5-11-21)22-12-6-3-7-13-22/h2-7,10-13,20,24H,8-9,14-19H2,1H3. The van der Waals surface area contributed by atoms with Gasteiger partial charge in [0.25, 0.3) is 0 Å². The second kappa shape index (κ2) is 10.5. The number of piperidine rings is 1. The molecule has 5 heteroatoms. The van der Waals surface area contributed by atoms with Crippen LogP contribution in [-0.2, 0) is 11.3 Å². The van der Waals surface area contributed by atoms with E-state index in [2.05, 4.69) is 58.6 Å². The molecular formula is C25H31N3O2. The second-order valence-electron chi connectivity index (χ2n) is 8.16. The highest BCUT2D eigenvalue weighted by Gasteiger charge is 2.24. The third-order valence-electron chi connectivity index (χ3n) is 6.03. The largest absolute Gasteiger partial charge is 0.385 e. The zero-order valence-corrected chi connectivity index (χ0v) is 17.7. The number of hydrogen-bond acceptors (Lipinski definition) is 5. The molecule has 1 aliphatic heterocycles. The Morgan fingerprint density at radius 1 is 1.00 bits per heavy atom. The Morgan fingerprint density at radius 2 is 1.63 bits per heavy atom. The second-order valence-corrected chi connectivity index (χ2v) is 8.16. The Kier molecular flexibility index (Phi) is 7.27. The van der Waals surface area contributed by atoms with Crippen LogP contribution in [0.15, 0.2) is 65.2 Å². The van der Waals surface area contributed by atoms with Crippen molar-refractivity contribution < 1.29 is 9.26 Å². The van der Waals surface area contributed by atoms with Crippen LogP contribution in [0.3, 0.4) is 0 Å². The van der Waals surface area contributed by atoms with Crippen LogP contribution in [-0.4, -0.2) is 41.8 Å². The molecule has 2 heterocycles. The molecule has 0 radical (unpaired) electrons. The van der Waals surface area contributed by atoms with Crippen LogP contribution in [0.5, 0.6) is 0 Å². The van der Waals surface area contributed by atoms with Gasteiger partial charge in [-0.05, 0) is 55.8 Å². The van der Waals surface area contributed by atoms with E-state index in [1.807, 2.05) is 12.1 Å². The van der Waals surface area contributed by atoms with Crippen molar-refractivity contribution in [2.24, 2.45) is 5.92 Å². The molecule has 0 saturated carbocycles. The fourth-order valence-corrected chi connectivity index (χ4v) is 4.37. The monoisotopic (exact) mass is 405 g/mol. The number of benzene rings is 2. The Morgan fingerprint density at radius 3 is 2.23 bits per heavy atom. The van der Waals surface area contributed by atoms with Gasteiger partial charge in [0.2, 0.25) is 5.89 Å². The van der Waals surface area contributed by atoms with Crippen LogP contribution < -0.4 is 0 Å². The maximum Gasteiger partial charge on any atom is 0.240 e. The van der Waals surface area contributed by atoms with Crippen molar-refractivity contribution in [1.82, 2.24) is 15.0 Å². The highest BCUT2D eigenvalue weighted by molar-refractivity contribution is 5.37. The van der Waals surface area contributed by atoms with E-state index in [1.165, 1.54) is 30.4 Å². The molecule has 1 aliphatic rings. The first-order chi connectivity index (χ1) is 14.8. The maximum atomic E-state index is 5.68. The zero-order valence-electron chi connectivity index (χ0n) is 17.7. The van der Waals surface area contributed by atoms with Crippen molar-refractivity contribution in [2.45, 2.75) is 38.1 Å². The van der Waals surface area contributed by atoms with Gasteiger partial charge in [-0.1, -0.05) is 65.8 Å². The van der Waals surface area contributed by atoms with Crippen molar-refractivity contribution in [3.63, 3.8) is 0 Å². The molecule has 0 spiro atoms. The maximum absolute atomic E-state index is 5.68. The minimum Gasteiger partial charge on any atom is -0.385 e. The number of methoxy groups -OCH3 is 1. The summed E-state index contributed by atoms with van der Waals surface area (Å²) in [5.74, 6) is 2.24. The van der Waals surface area contributed by atoms with Gasteiger partial charge in [-0.2, -0.15) is 4.98 Å². The van der Waals surface area contributed by atoms with Crippen LogP contribution >= 0.6 is 0 Å². The van der Waals surface area contributed by atoms with Gasteiger partial charge in [0.05, 0.1) is 12.5 Å². The molecule has 3 aromatic rings. The van der Waals surface area contributed by atoms with E-state index in [0.717, 1.165) is 44.4 Å². The van der Waals surface area contributed by atoms with E-state index in [1.54, 1.807) is 7.11 Å². The Hall–Kier alpha value is -2.50. The molecule has 1 saturated heterocycles. The third kappa shape index (κ3) is 5.35. The van der Waals surface area contributed by atoms with Crippen LogP contribution in [0.25, 0.3) is 0 Å². The van der Waals surface area contributed by atoms with Crippen molar-refractivity contribution in [1.29, 1.82) is 0 Å². The SMILES string of the molecule is COCCCC1CCN(Cc2nc(C(c3ccccc3)c3ccccc3)no2)CC1. The lowest BCUT2D eigenvalue weighted by molar-refractivity contribution is 0.141. The number of ether oxygens (including phenoxy) is 1. The molecule has 0 aliphatic carbocycles. The van der Waals surface area contributed by atoms with E-state index in [9.17, 15) is 0 Å². The van der Waals surface area contributed by atoms with Crippen molar-refractivity contribution >= 4 is 0 Å². The lowest BCUT2D eigenvalue weighted by Gasteiger charge is -2.30. The molecular weight excluding hydrogens is 374 g/mol. The Bertz CT molecular complexity index is 834. The fraction of sp³-hybridized carbons (Fsp3) is 0.440. The molecule has 30 heavy (non-hydrogen) atoms. The smallest absolute Gasteiger partial charge is 0.240 e. The van der Waals surface area contributed by atoms with E-state index in [-0.39, 0.29) is 5.92 Å². The molecule has 0 N–H and O–H groups in total.